The van der Waals surface area contributed by atoms with E-state index in [4.69, 9.17) is 4.74 Å². The molecule has 0 spiro atoms. The zero-order chi connectivity index (χ0) is 19.5. The van der Waals surface area contributed by atoms with Crippen LogP contribution in [0.15, 0.2) is 66.9 Å². The highest BCUT2D eigenvalue weighted by molar-refractivity contribution is 5.93. The number of benzene rings is 2. The zero-order valence-electron chi connectivity index (χ0n) is 15.5. The Morgan fingerprint density at radius 1 is 1.11 bits per heavy atom. The second-order valence-corrected chi connectivity index (χ2v) is 6.79. The Hall–Kier alpha value is -3.41. The first-order chi connectivity index (χ1) is 13.6. The van der Waals surface area contributed by atoms with Crippen LogP contribution in [0.25, 0.3) is 10.8 Å². The fourth-order valence-corrected chi connectivity index (χ4v) is 3.58. The van der Waals surface area contributed by atoms with Crippen LogP contribution in [0.1, 0.15) is 24.3 Å². The first kappa shape index (κ1) is 18.0. The molecule has 1 fully saturated rings. The van der Waals surface area contributed by atoms with Crippen molar-refractivity contribution < 1.29 is 14.3 Å². The van der Waals surface area contributed by atoms with Crippen molar-refractivity contribution in [3.8, 4) is 0 Å². The summed E-state index contributed by atoms with van der Waals surface area (Å²) in [6.07, 6.45) is 1.11. The van der Waals surface area contributed by atoms with Crippen molar-refractivity contribution in [3.05, 3.63) is 78.1 Å². The van der Waals surface area contributed by atoms with Crippen molar-refractivity contribution in [3.63, 3.8) is 0 Å². The summed E-state index contributed by atoms with van der Waals surface area (Å²) in [5.74, 6) is 0. The van der Waals surface area contributed by atoms with Gasteiger partial charge in [-0.1, -0.05) is 48.5 Å². The van der Waals surface area contributed by atoms with E-state index < -0.39 is 24.3 Å². The number of urea groups is 1. The summed E-state index contributed by atoms with van der Waals surface area (Å²) in [6, 6.07) is 18.8. The lowest BCUT2D eigenvalue weighted by Crippen LogP contribution is -2.45. The highest BCUT2D eigenvalue weighted by atomic mass is 16.6. The summed E-state index contributed by atoms with van der Waals surface area (Å²) < 4.78 is 5.38. The minimum Gasteiger partial charge on any atom is -0.437 e. The summed E-state index contributed by atoms with van der Waals surface area (Å²) in [6.45, 7) is 2.21. The SMILES string of the molecule is C[C@H]1[C@@H](c2ccccn2)OC(=O)N1C(=O)NCCc1cccc2ccccc12. The number of hydrogen-bond acceptors (Lipinski definition) is 4. The zero-order valence-corrected chi connectivity index (χ0v) is 15.5. The first-order valence-electron chi connectivity index (χ1n) is 9.30. The van der Waals surface area contributed by atoms with E-state index in [0.717, 1.165) is 10.5 Å². The van der Waals surface area contributed by atoms with Gasteiger partial charge in [0.2, 0.25) is 0 Å². The third kappa shape index (κ3) is 3.41. The quantitative estimate of drug-likeness (QED) is 0.746. The van der Waals surface area contributed by atoms with Crippen molar-refractivity contribution in [2.45, 2.75) is 25.5 Å². The molecule has 0 aliphatic carbocycles. The fourth-order valence-electron chi connectivity index (χ4n) is 3.58. The molecule has 0 radical (unpaired) electrons. The lowest BCUT2D eigenvalue weighted by atomic mass is 10.0. The van der Waals surface area contributed by atoms with Crippen LogP contribution in [-0.2, 0) is 11.2 Å². The Labute approximate surface area is 163 Å². The molecule has 3 amide bonds. The monoisotopic (exact) mass is 375 g/mol. The Balaban J connectivity index is 1.40. The maximum atomic E-state index is 12.6. The predicted molar refractivity (Wildman–Crippen MR) is 106 cm³/mol. The highest BCUT2D eigenvalue weighted by Crippen LogP contribution is 2.31. The second-order valence-electron chi connectivity index (χ2n) is 6.79. The number of hydrogen-bond donors (Lipinski definition) is 1. The molecule has 3 aromatic rings. The maximum Gasteiger partial charge on any atom is 0.419 e. The third-order valence-corrected chi connectivity index (χ3v) is 5.02. The molecule has 0 saturated carbocycles. The van der Waals surface area contributed by atoms with Crippen LogP contribution in [0.2, 0.25) is 0 Å². The molecule has 4 rings (SSSR count). The van der Waals surface area contributed by atoms with Crippen LogP contribution < -0.4 is 5.32 Å². The molecule has 1 N–H and O–H groups in total. The van der Waals surface area contributed by atoms with Crippen molar-refractivity contribution in [1.82, 2.24) is 15.2 Å². The molecule has 28 heavy (non-hydrogen) atoms. The van der Waals surface area contributed by atoms with Gasteiger partial charge in [0.05, 0.1) is 11.7 Å². The Morgan fingerprint density at radius 2 is 1.89 bits per heavy atom. The molecule has 142 valence electrons. The maximum absolute atomic E-state index is 12.6. The number of pyridine rings is 1. The topological polar surface area (TPSA) is 71.5 Å². The Bertz CT molecular complexity index is 1000. The number of aromatic nitrogens is 1. The van der Waals surface area contributed by atoms with E-state index in [1.54, 1.807) is 25.3 Å². The van der Waals surface area contributed by atoms with Gasteiger partial charge in [-0.25, -0.2) is 14.5 Å². The normalized spacial score (nSPS) is 18.9. The Kier molecular flexibility index (Phi) is 4.93. The lowest BCUT2D eigenvalue weighted by Gasteiger charge is -2.19. The molecule has 2 aromatic carbocycles. The van der Waals surface area contributed by atoms with E-state index in [2.05, 4.69) is 34.6 Å². The van der Waals surface area contributed by atoms with Gasteiger partial charge in [-0.3, -0.25) is 4.98 Å². The minimum atomic E-state index is -0.647. The average Bonchev–Trinajstić information content (AvgIpc) is 3.03. The molecule has 1 aliphatic heterocycles. The molecule has 2 atom stereocenters. The Morgan fingerprint density at radius 3 is 2.71 bits per heavy atom. The molecule has 6 heteroatoms. The number of carbonyl (C=O) groups is 2. The third-order valence-electron chi connectivity index (χ3n) is 5.02. The number of carbonyl (C=O) groups excluding carboxylic acids is 2. The van der Waals surface area contributed by atoms with Gasteiger partial charge in [0.15, 0.2) is 6.10 Å². The number of amides is 3. The van der Waals surface area contributed by atoms with Gasteiger partial charge in [-0.05, 0) is 41.8 Å². The summed E-state index contributed by atoms with van der Waals surface area (Å²) in [7, 11) is 0. The molecule has 0 bridgehead atoms. The van der Waals surface area contributed by atoms with Crippen LogP contribution in [-0.4, -0.2) is 34.6 Å². The summed E-state index contributed by atoms with van der Waals surface area (Å²) >= 11 is 0. The van der Waals surface area contributed by atoms with Crippen LogP contribution in [0.4, 0.5) is 9.59 Å². The fraction of sp³-hybridized carbons (Fsp3) is 0.227. The minimum absolute atomic E-state index is 0.428. The summed E-state index contributed by atoms with van der Waals surface area (Å²) in [4.78, 5) is 30.2. The summed E-state index contributed by atoms with van der Waals surface area (Å²) in [5, 5.41) is 5.17. The van der Waals surface area contributed by atoms with E-state index in [-0.39, 0.29) is 0 Å². The van der Waals surface area contributed by atoms with Gasteiger partial charge in [0.25, 0.3) is 0 Å². The van der Waals surface area contributed by atoms with E-state index in [0.29, 0.717) is 18.7 Å². The molecule has 0 unspecified atom stereocenters. The van der Waals surface area contributed by atoms with Crippen molar-refractivity contribution in [2.24, 2.45) is 0 Å². The number of imide groups is 1. The van der Waals surface area contributed by atoms with E-state index in [1.165, 1.54) is 10.8 Å². The van der Waals surface area contributed by atoms with Gasteiger partial charge in [-0.15, -0.1) is 0 Å². The molecular weight excluding hydrogens is 354 g/mol. The van der Waals surface area contributed by atoms with Gasteiger partial charge in [0.1, 0.15) is 0 Å². The average molecular weight is 375 g/mol. The number of nitrogens with zero attached hydrogens (tertiary/aromatic N) is 2. The van der Waals surface area contributed by atoms with Crippen molar-refractivity contribution >= 4 is 22.9 Å². The van der Waals surface area contributed by atoms with Gasteiger partial charge < -0.3 is 10.1 Å². The van der Waals surface area contributed by atoms with E-state index >= 15 is 0 Å². The largest absolute Gasteiger partial charge is 0.437 e. The van der Waals surface area contributed by atoms with E-state index in [9.17, 15) is 9.59 Å². The molecule has 1 aromatic heterocycles. The molecule has 1 aliphatic rings. The smallest absolute Gasteiger partial charge is 0.419 e. The standard InChI is InChI=1S/C22H21N3O3/c1-15-20(19-11-4-5-13-23-19)28-22(27)25(15)21(26)24-14-12-17-9-6-8-16-7-2-3-10-18(16)17/h2-11,13,15,20H,12,14H2,1H3,(H,24,26)/t15-,20-/m0/s1. The first-order valence-corrected chi connectivity index (χ1v) is 9.30. The molecular formula is C22H21N3O3. The van der Waals surface area contributed by atoms with Crippen molar-refractivity contribution in [1.29, 1.82) is 0 Å². The van der Waals surface area contributed by atoms with Crippen LogP contribution >= 0.6 is 0 Å². The molecule has 1 saturated heterocycles. The number of nitrogens with one attached hydrogen (secondary N) is 1. The van der Waals surface area contributed by atoms with Gasteiger partial charge in [-0.2, -0.15) is 0 Å². The van der Waals surface area contributed by atoms with Gasteiger partial charge >= 0.3 is 12.1 Å². The summed E-state index contributed by atoms with van der Waals surface area (Å²) in [5.41, 5.74) is 1.79. The van der Waals surface area contributed by atoms with Crippen molar-refractivity contribution in [2.75, 3.05) is 6.54 Å². The van der Waals surface area contributed by atoms with Crippen LogP contribution in [0, 0.1) is 0 Å². The molecule has 2 heterocycles. The lowest BCUT2D eigenvalue weighted by molar-refractivity contribution is 0.129. The second kappa shape index (κ2) is 7.68. The van der Waals surface area contributed by atoms with Gasteiger partial charge in [0, 0.05) is 12.7 Å². The highest BCUT2D eigenvalue weighted by Gasteiger charge is 2.44. The van der Waals surface area contributed by atoms with Crippen LogP contribution in [0.5, 0.6) is 0 Å². The predicted octanol–water partition coefficient (Wildman–Crippen LogP) is 4.07. The number of fused-ring (bicyclic) bond motifs is 1. The number of rotatable bonds is 4. The number of cyclic esters (lactones) is 1. The van der Waals surface area contributed by atoms with E-state index in [1.807, 2.05) is 24.3 Å². The number of ether oxygens (including phenoxy) is 1. The molecule has 6 nitrogen and oxygen atoms in total. The van der Waals surface area contributed by atoms with Crippen LogP contribution in [0.3, 0.4) is 0 Å².